The van der Waals surface area contributed by atoms with Crippen LogP contribution in [0.2, 0.25) is 0 Å². The van der Waals surface area contributed by atoms with Crippen LogP contribution in [0.3, 0.4) is 0 Å². The van der Waals surface area contributed by atoms with Crippen LogP contribution in [0.1, 0.15) is 42.5 Å². The van der Waals surface area contributed by atoms with Gasteiger partial charge in [0.2, 0.25) is 5.91 Å². The van der Waals surface area contributed by atoms with Crippen LogP contribution in [-0.2, 0) is 37.6 Å². The van der Waals surface area contributed by atoms with E-state index in [1.165, 1.54) is 0 Å². The van der Waals surface area contributed by atoms with Gasteiger partial charge in [0.15, 0.2) is 0 Å². The summed E-state index contributed by atoms with van der Waals surface area (Å²) in [7, 11) is 2.02. The Bertz CT molecular complexity index is 1160. The third kappa shape index (κ3) is 3.44. The number of carbonyl (C=O) groups excluding carboxylic acids is 1. The van der Waals surface area contributed by atoms with Crippen molar-refractivity contribution in [2.45, 2.75) is 57.5 Å². The molecular formula is C24H28N4O2. The van der Waals surface area contributed by atoms with Gasteiger partial charge in [0, 0.05) is 36.8 Å². The molecule has 1 fully saturated rings. The van der Waals surface area contributed by atoms with Crippen molar-refractivity contribution in [2.24, 2.45) is 7.05 Å². The zero-order chi connectivity index (χ0) is 20.7. The average molecular weight is 405 g/mol. The molecule has 1 atom stereocenters. The number of hydrogen-bond acceptors (Lipinski definition) is 3. The highest BCUT2D eigenvalue weighted by molar-refractivity contribution is 5.89. The summed E-state index contributed by atoms with van der Waals surface area (Å²) in [6, 6.07) is 10.0. The Morgan fingerprint density at radius 3 is 2.90 bits per heavy atom. The normalized spacial score (nSPS) is 18.7. The maximum absolute atomic E-state index is 13.2. The molecule has 6 heteroatoms. The summed E-state index contributed by atoms with van der Waals surface area (Å²) in [5.41, 5.74) is 4.34. The molecule has 1 saturated heterocycles. The van der Waals surface area contributed by atoms with Gasteiger partial charge in [-0.25, -0.2) is 4.68 Å². The van der Waals surface area contributed by atoms with E-state index in [0.717, 1.165) is 72.8 Å². The highest BCUT2D eigenvalue weighted by Crippen LogP contribution is 2.24. The number of amides is 1. The number of aryl methyl sites for hydroxylation is 3. The fraction of sp³-hybridized carbons (Fsp3) is 0.458. The molecule has 5 rings (SSSR count). The number of aromatic nitrogens is 3. The zero-order valence-electron chi connectivity index (χ0n) is 17.5. The van der Waals surface area contributed by atoms with Gasteiger partial charge in [-0.05, 0) is 55.7 Å². The first kappa shape index (κ1) is 19.1. The van der Waals surface area contributed by atoms with E-state index in [9.17, 15) is 9.59 Å². The molecule has 0 bridgehead atoms. The van der Waals surface area contributed by atoms with E-state index in [2.05, 4.69) is 28.0 Å². The number of nitrogens with zero attached hydrogens (tertiary/aromatic N) is 4. The predicted molar refractivity (Wildman–Crippen MR) is 116 cm³/mol. The summed E-state index contributed by atoms with van der Waals surface area (Å²) in [4.78, 5) is 27.8. The van der Waals surface area contributed by atoms with E-state index < -0.39 is 0 Å². The van der Waals surface area contributed by atoms with Gasteiger partial charge in [0.05, 0.1) is 24.7 Å². The third-order valence-electron chi connectivity index (χ3n) is 6.68. The standard InChI is InChI=1S/C24H28N4O2/c1-26-15-18(20-9-3-5-11-22(20)26)14-23(29)27-12-6-8-19(27)16-28-24(30)13-17-7-2-4-10-21(17)25-28/h3,5,9,11,13,15,19H,2,4,6-8,10,12,14,16H2,1H3. The van der Waals surface area contributed by atoms with Crippen molar-refractivity contribution in [2.75, 3.05) is 6.54 Å². The van der Waals surface area contributed by atoms with Gasteiger partial charge in [-0.15, -0.1) is 0 Å². The Kier molecular flexibility index (Phi) is 4.93. The molecule has 1 aliphatic heterocycles. The Hall–Kier alpha value is -2.89. The molecule has 0 radical (unpaired) electrons. The lowest BCUT2D eigenvalue weighted by Gasteiger charge is -2.25. The summed E-state index contributed by atoms with van der Waals surface area (Å²) in [6.07, 6.45) is 8.53. The lowest BCUT2D eigenvalue weighted by Crippen LogP contribution is -2.41. The zero-order valence-corrected chi connectivity index (χ0v) is 17.5. The molecule has 156 valence electrons. The monoisotopic (exact) mass is 404 g/mol. The summed E-state index contributed by atoms with van der Waals surface area (Å²) < 4.78 is 3.67. The Morgan fingerprint density at radius 1 is 1.17 bits per heavy atom. The van der Waals surface area contributed by atoms with Gasteiger partial charge in [0.25, 0.3) is 5.56 Å². The topological polar surface area (TPSA) is 60.1 Å². The lowest BCUT2D eigenvalue weighted by atomic mass is 9.97. The first-order valence-electron chi connectivity index (χ1n) is 11.0. The molecule has 1 aromatic carbocycles. The molecule has 0 spiro atoms. The Morgan fingerprint density at radius 2 is 2.00 bits per heavy atom. The van der Waals surface area contributed by atoms with Crippen LogP contribution in [0, 0.1) is 0 Å². The molecule has 3 aromatic rings. The maximum Gasteiger partial charge on any atom is 0.267 e. The highest BCUT2D eigenvalue weighted by Gasteiger charge is 2.30. The SMILES string of the molecule is Cn1cc(CC(=O)N2CCCC2Cn2nc3c(cc2=O)CCCC3)c2ccccc21. The van der Waals surface area contributed by atoms with Crippen LogP contribution in [-0.4, -0.2) is 37.7 Å². The van der Waals surface area contributed by atoms with Crippen molar-refractivity contribution in [3.63, 3.8) is 0 Å². The molecule has 3 heterocycles. The van der Waals surface area contributed by atoms with Gasteiger partial charge in [0.1, 0.15) is 0 Å². The Labute approximate surface area is 176 Å². The van der Waals surface area contributed by atoms with Crippen molar-refractivity contribution in [3.8, 4) is 0 Å². The first-order chi connectivity index (χ1) is 14.6. The average Bonchev–Trinajstić information content (AvgIpc) is 3.33. The van der Waals surface area contributed by atoms with Gasteiger partial charge < -0.3 is 9.47 Å². The molecule has 1 unspecified atom stereocenters. The molecule has 2 aliphatic rings. The summed E-state index contributed by atoms with van der Waals surface area (Å²) >= 11 is 0. The summed E-state index contributed by atoms with van der Waals surface area (Å²) in [5, 5.41) is 5.80. The number of carbonyl (C=O) groups is 1. The quantitative estimate of drug-likeness (QED) is 0.672. The van der Waals surface area contributed by atoms with Crippen molar-refractivity contribution in [1.82, 2.24) is 19.2 Å². The van der Waals surface area contributed by atoms with E-state index >= 15 is 0 Å². The minimum absolute atomic E-state index is 0.0380. The number of para-hydroxylation sites is 1. The van der Waals surface area contributed by atoms with Gasteiger partial charge in [-0.1, -0.05) is 18.2 Å². The molecule has 6 nitrogen and oxygen atoms in total. The van der Waals surface area contributed by atoms with Crippen LogP contribution in [0.25, 0.3) is 10.9 Å². The number of rotatable bonds is 4. The predicted octanol–water partition coefficient (Wildman–Crippen LogP) is 2.85. The highest BCUT2D eigenvalue weighted by atomic mass is 16.2. The van der Waals surface area contributed by atoms with Crippen LogP contribution in [0.5, 0.6) is 0 Å². The maximum atomic E-state index is 13.2. The number of benzene rings is 1. The molecule has 0 saturated carbocycles. The van der Waals surface area contributed by atoms with E-state index in [4.69, 9.17) is 0 Å². The second kappa shape index (κ2) is 7.74. The van der Waals surface area contributed by atoms with Crippen LogP contribution < -0.4 is 5.56 Å². The molecule has 1 aliphatic carbocycles. The van der Waals surface area contributed by atoms with E-state index in [-0.39, 0.29) is 17.5 Å². The number of hydrogen-bond donors (Lipinski definition) is 0. The van der Waals surface area contributed by atoms with Crippen molar-refractivity contribution in [3.05, 3.63) is 63.7 Å². The van der Waals surface area contributed by atoms with E-state index in [1.54, 1.807) is 10.7 Å². The van der Waals surface area contributed by atoms with Gasteiger partial charge >= 0.3 is 0 Å². The van der Waals surface area contributed by atoms with Crippen molar-refractivity contribution in [1.29, 1.82) is 0 Å². The fourth-order valence-electron chi connectivity index (χ4n) is 5.12. The lowest BCUT2D eigenvalue weighted by molar-refractivity contribution is -0.131. The summed E-state index contributed by atoms with van der Waals surface area (Å²) in [5.74, 6) is 0.139. The molecule has 30 heavy (non-hydrogen) atoms. The second-order valence-electron chi connectivity index (χ2n) is 8.69. The number of likely N-dealkylation sites (tertiary alicyclic amines) is 1. The summed E-state index contributed by atoms with van der Waals surface area (Å²) in [6.45, 7) is 1.25. The minimum Gasteiger partial charge on any atom is -0.350 e. The number of fused-ring (bicyclic) bond motifs is 2. The van der Waals surface area contributed by atoms with Crippen LogP contribution >= 0.6 is 0 Å². The Balaban J connectivity index is 1.35. The molecule has 0 N–H and O–H groups in total. The molecule has 1 amide bonds. The largest absolute Gasteiger partial charge is 0.350 e. The van der Waals surface area contributed by atoms with Crippen molar-refractivity contribution >= 4 is 16.8 Å². The first-order valence-corrected chi connectivity index (χ1v) is 11.0. The molecule has 2 aromatic heterocycles. The van der Waals surface area contributed by atoms with E-state index in [0.29, 0.717) is 13.0 Å². The van der Waals surface area contributed by atoms with Crippen LogP contribution in [0.15, 0.2) is 41.3 Å². The second-order valence-corrected chi connectivity index (χ2v) is 8.69. The smallest absolute Gasteiger partial charge is 0.267 e. The fourth-order valence-corrected chi connectivity index (χ4v) is 5.12. The van der Waals surface area contributed by atoms with Crippen LogP contribution in [0.4, 0.5) is 0 Å². The third-order valence-corrected chi connectivity index (χ3v) is 6.68. The molecular weight excluding hydrogens is 376 g/mol. The van der Waals surface area contributed by atoms with E-state index in [1.807, 2.05) is 24.1 Å². The van der Waals surface area contributed by atoms with Crippen molar-refractivity contribution < 1.29 is 4.79 Å². The van der Waals surface area contributed by atoms with Gasteiger partial charge in [-0.3, -0.25) is 9.59 Å². The minimum atomic E-state index is -0.0380. The van der Waals surface area contributed by atoms with Gasteiger partial charge in [-0.2, -0.15) is 5.10 Å².